The lowest BCUT2D eigenvalue weighted by Gasteiger charge is -2.23. The summed E-state index contributed by atoms with van der Waals surface area (Å²) >= 11 is 0. The zero-order valence-electron chi connectivity index (χ0n) is 14.8. The average molecular weight is 358 g/mol. The Morgan fingerprint density at radius 3 is 2.85 bits per heavy atom. The molecule has 0 radical (unpaired) electrons. The van der Waals surface area contributed by atoms with Crippen LogP contribution in [0, 0.1) is 17.0 Å². The van der Waals surface area contributed by atoms with Crippen LogP contribution in [0.5, 0.6) is 5.75 Å². The van der Waals surface area contributed by atoms with Crippen LogP contribution in [0.15, 0.2) is 42.6 Å². The van der Waals surface area contributed by atoms with Crippen molar-refractivity contribution in [3.05, 3.63) is 58.3 Å². The molecule has 2 rings (SSSR count). The quantitative estimate of drug-likeness (QED) is 0.546. The Morgan fingerprint density at radius 2 is 2.15 bits per heavy atom. The molecule has 1 aromatic heterocycles. The number of carbonyl (C=O) groups excluding carboxylic acids is 1. The van der Waals surface area contributed by atoms with Gasteiger partial charge in [0.15, 0.2) is 6.61 Å². The largest absolute Gasteiger partial charge is 0.476 e. The maximum Gasteiger partial charge on any atom is 0.406 e. The van der Waals surface area contributed by atoms with Crippen LogP contribution < -0.4 is 15.0 Å². The van der Waals surface area contributed by atoms with E-state index in [1.54, 1.807) is 0 Å². The van der Waals surface area contributed by atoms with E-state index in [0.29, 0.717) is 13.1 Å². The molecule has 2 aromatic rings. The van der Waals surface area contributed by atoms with E-state index in [0.717, 1.165) is 12.2 Å². The SMILES string of the molecule is CCN(CCNC(=O)COc1cccnc1[N+](=O)[O-])c1cccc(C)c1. The van der Waals surface area contributed by atoms with Gasteiger partial charge in [-0.1, -0.05) is 12.1 Å². The Kier molecular flexibility index (Phi) is 6.90. The van der Waals surface area contributed by atoms with Gasteiger partial charge in [0.25, 0.3) is 5.91 Å². The molecule has 26 heavy (non-hydrogen) atoms. The van der Waals surface area contributed by atoms with Crippen LogP contribution in [0.25, 0.3) is 0 Å². The summed E-state index contributed by atoms with van der Waals surface area (Å²) < 4.78 is 5.21. The number of carbonyl (C=O) groups is 1. The number of nitrogens with one attached hydrogen (secondary N) is 1. The highest BCUT2D eigenvalue weighted by atomic mass is 16.6. The third-order valence-electron chi connectivity index (χ3n) is 3.73. The van der Waals surface area contributed by atoms with Crippen LogP contribution in [0.2, 0.25) is 0 Å². The van der Waals surface area contributed by atoms with Crippen LogP contribution in [-0.4, -0.2) is 42.1 Å². The van der Waals surface area contributed by atoms with Gasteiger partial charge in [-0.25, -0.2) is 0 Å². The number of aromatic nitrogens is 1. The van der Waals surface area contributed by atoms with Crippen LogP contribution >= 0.6 is 0 Å². The fourth-order valence-corrected chi connectivity index (χ4v) is 2.45. The predicted octanol–water partition coefficient (Wildman–Crippen LogP) is 2.32. The summed E-state index contributed by atoms with van der Waals surface area (Å²) in [6, 6.07) is 11.1. The summed E-state index contributed by atoms with van der Waals surface area (Å²) in [5, 5.41) is 13.6. The van der Waals surface area contributed by atoms with Crippen LogP contribution in [-0.2, 0) is 4.79 Å². The first-order chi connectivity index (χ1) is 12.5. The molecule has 1 N–H and O–H groups in total. The number of nitro groups is 1. The number of aryl methyl sites for hydroxylation is 1. The number of rotatable bonds is 9. The third-order valence-corrected chi connectivity index (χ3v) is 3.73. The molecule has 0 saturated carbocycles. The Labute approximate surface area is 152 Å². The van der Waals surface area contributed by atoms with Crippen molar-refractivity contribution in [1.82, 2.24) is 10.3 Å². The van der Waals surface area contributed by atoms with Gasteiger partial charge in [0.2, 0.25) is 5.75 Å². The highest BCUT2D eigenvalue weighted by Gasteiger charge is 2.16. The molecule has 0 aliphatic heterocycles. The first-order valence-corrected chi connectivity index (χ1v) is 8.31. The fourth-order valence-electron chi connectivity index (χ4n) is 2.45. The molecule has 8 heteroatoms. The zero-order valence-corrected chi connectivity index (χ0v) is 14.8. The van der Waals surface area contributed by atoms with Gasteiger partial charge >= 0.3 is 5.82 Å². The van der Waals surface area contributed by atoms with E-state index in [-0.39, 0.29) is 18.3 Å². The molecule has 0 spiro atoms. The second-order valence-electron chi connectivity index (χ2n) is 5.64. The first kappa shape index (κ1) is 19.2. The van der Waals surface area contributed by atoms with Crippen molar-refractivity contribution in [3.8, 4) is 5.75 Å². The van der Waals surface area contributed by atoms with Crippen molar-refractivity contribution in [3.63, 3.8) is 0 Å². The first-order valence-electron chi connectivity index (χ1n) is 8.31. The van der Waals surface area contributed by atoms with Crippen molar-refractivity contribution < 1.29 is 14.5 Å². The molecule has 0 aliphatic rings. The molecular formula is C18H22N4O4. The number of nitrogens with zero attached hydrogens (tertiary/aromatic N) is 3. The summed E-state index contributed by atoms with van der Waals surface area (Å²) in [7, 11) is 0. The second kappa shape index (κ2) is 9.36. The molecule has 1 amide bonds. The third kappa shape index (κ3) is 5.44. The van der Waals surface area contributed by atoms with E-state index in [9.17, 15) is 14.9 Å². The molecule has 138 valence electrons. The minimum Gasteiger partial charge on any atom is -0.476 e. The van der Waals surface area contributed by atoms with Gasteiger partial charge in [0.05, 0.1) is 0 Å². The maximum absolute atomic E-state index is 11.9. The molecule has 0 atom stereocenters. The van der Waals surface area contributed by atoms with E-state index in [1.165, 1.54) is 23.9 Å². The summed E-state index contributed by atoms with van der Waals surface area (Å²) in [4.78, 5) is 27.9. The van der Waals surface area contributed by atoms with Gasteiger partial charge in [-0.05, 0) is 53.6 Å². The molecular weight excluding hydrogens is 336 g/mol. The van der Waals surface area contributed by atoms with Crippen molar-refractivity contribution in [2.75, 3.05) is 31.1 Å². The predicted molar refractivity (Wildman–Crippen MR) is 98.5 cm³/mol. The second-order valence-corrected chi connectivity index (χ2v) is 5.64. The minimum atomic E-state index is -0.645. The fraction of sp³-hybridized carbons (Fsp3) is 0.333. The van der Waals surface area contributed by atoms with E-state index < -0.39 is 10.7 Å². The number of anilines is 1. The molecule has 0 saturated heterocycles. The molecule has 0 fully saturated rings. The monoisotopic (exact) mass is 358 g/mol. The summed E-state index contributed by atoms with van der Waals surface area (Å²) in [6.45, 7) is 5.70. The lowest BCUT2D eigenvalue weighted by molar-refractivity contribution is -0.390. The van der Waals surface area contributed by atoms with Crippen molar-refractivity contribution in [2.45, 2.75) is 13.8 Å². The molecule has 1 aromatic carbocycles. The van der Waals surface area contributed by atoms with Crippen molar-refractivity contribution >= 4 is 17.4 Å². The minimum absolute atomic E-state index is 0.0254. The number of ether oxygens (including phenoxy) is 1. The number of hydrogen-bond donors (Lipinski definition) is 1. The Morgan fingerprint density at radius 1 is 1.35 bits per heavy atom. The van der Waals surface area contributed by atoms with Gasteiger partial charge < -0.3 is 25.1 Å². The summed E-state index contributed by atoms with van der Waals surface area (Å²) in [5.41, 5.74) is 2.28. The Hall–Kier alpha value is -3.16. The smallest absolute Gasteiger partial charge is 0.406 e. The van der Waals surface area contributed by atoms with E-state index in [2.05, 4.69) is 28.2 Å². The number of pyridine rings is 1. The molecule has 0 aliphatic carbocycles. The zero-order chi connectivity index (χ0) is 18.9. The normalized spacial score (nSPS) is 10.2. The van der Waals surface area contributed by atoms with E-state index >= 15 is 0 Å². The summed E-state index contributed by atoms with van der Waals surface area (Å²) in [5.74, 6) is -0.775. The van der Waals surface area contributed by atoms with E-state index in [1.807, 2.05) is 25.1 Å². The van der Waals surface area contributed by atoms with Gasteiger partial charge in [-0.2, -0.15) is 0 Å². The van der Waals surface area contributed by atoms with Crippen molar-refractivity contribution in [1.29, 1.82) is 0 Å². The molecule has 8 nitrogen and oxygen atoms in total. The number of amides is 1. The average Bonchev–Trinajstić information content (AvgIpc) is 2.63. The van der Waals surface area contributed by atoms with Crippen LogP contribution in [0.1, 0.15) is 12.5 Å². The molecule has 0 unspecified atom stereocenters. The number of likely N-dealkylation sites (N-methyl/N-ethyl adjacent to an activating group) is 1. The van der Waals surface area contributed by atoms with Gasteiger partial charge in [0.1, 0.15) is 6.20 Å². The Balaban J connectivity index is 1.81. The van der Waals surface area contributed by atoms with Gasteiger partial charge in [0, 0.05) is 25.3 Å². The lowest BCUT2D eigenvalue weighted by Crippen LogP contribution is -2.37. The van der Waals surface area contributed by atoms with Gasteiger partial charge in [-0.3, -0.25) is 4.79 Å². The summed E-state index contributed by atoms with van der Waals surface area (Å²) in [6.07, 6.45) is 1.30. The number of hydrogen-bond acceptors (Lipinski definition) is 6. The maximum atomic E-state index is 11.9. The van der Waals surface area contributed by atoms with Crippen LogP contribution in [0.4, 0.5) is 11.5 Å². The Bertz CT molecular complexity index is 766. The lowest BCUT2D eigenvalue weighted by atomic mass is 10.2. The number of benzene rings is 1. The molecule has 1 heterocycles. The standard InChI is InChI=1S/C18H22N4O4/c1-3-21(15-7-4-6-14(2)12-15)11-10-19-17(23)13-26-16-8-5-9-20-18(16)22(24)25/h4-9,12H,3,10-11,13H2,1-2H3,(H,19,23). The van der Waals surface area contributed by atoms with Crippen LogP contribution in [0.3, 0.4) is 0 Å². The van der Waals surface area contributed by atoms with Gasteiger partial charge in [-0.15, -0.1) is 0 Å². The molecule has 0 bridgehead atoms. The highest BCUT2D eigenvalue weighted by molar-refractivity contribution is 5.77. The van der Waals surface area contributed by atoms with E-state index in [4.69, 9.17) is 4.74 Å². The highest BCUT2D eigenvalue weighted by Crippen LogP contribution is 2.22. The van der Waals surface area contributed by atoms with Crippen molar-refractivity contribution in [2.24, 2.45) is 0 Å². The topological polar surface area (TPSA) is 97.6 Å².